The molecule has 2 amide bonds. The maximum absolute atomic E-state index is 12.3. The summed E-state index contributed by atoms with van der Waals surface area (Å²) in [4.78, 5) is 25.7. The number of piperidine rings is 1. The Hall–Kier alpha value is -1.82. The summed E-state index contributed by atoms with van der Waals surface area (Å²) in [5.41, 5.74) is -0.849. The summed E-state index contributed by atoms with van der Waals surface area (Å²) in [6.45, 7) is 4.26. The first-order chi connectivity index (χ1) is 9.39. The summed E-state index contributed by atoms with van der Waals surface area (Å²) >= 11 is 0. The fourth-order valence-corrected chi connectivity index (χ4v) is 2.42. The summed E-state index contributed by atoms with van der Waals surface area (Å²) in [7, 11) is 0. The summed E-state index contributed by atoms with van der Waals surface area (Å²) in [5.74, 6) is -0.431. The van der Waals surface area contributed by atoms with Crippen molar-refractivity contribution >= 4 is 11.8 Å². The average Bonchev–Trinajstić information content (AvgIpc) is 2.90. The molecule has 1 aliphatic rings. The highest BCUT2D eigenvalue weighted by atomic mass is 16.3. The molecule has 1 aromatic rings. The van der Waals surface area contributed by atoms with Crippen LogP contribution < -0.4 is 5.32 Å². The standard InChI is InChI=1S/C14H20N2O4/c1-10(15-12(17)11-5-3-8-20-11)13(18)16-7-4-6-14(2,19)9-16/h3,5,8,10,19H,4,6-7,9H2,1-2H3,(H,15,17). The largest absolute Gasteiger partial charge is 0.459 e. The molecule has 6 nitrogen and oxygen atoms in total. The van der Waals surface area contributed by atoms with Crippen LogP contribution in [-0.2, 0) is 4.79 Å². The van der Waals surface area contributed by atoms with Crippen molar-refractivity contribution in [2.45, 2.75) is 38.3 Å². The molecule has 0 bridgehead atoms. The van der Waals surface area contributed by atoms with Crippen LogP contribution in [0.15, 0.2) is 22.8 Å². The maximum Gasteiger partial charge on any atom is 0.287 e. The number of hydrogen-bond donors (Lipinski definition) is 2. The molecule has 0 aromatic carbocycles. The smallest absolute Gasteiger partial charge is 0.287 e. The molecule has 1 aromatic heterocycles. The normalized spacial score (nSPS) is 24.2. The molecule has 2 atom stereocenters. The molecular formula is C14H20N2O4. The fraction of sp³-hybridized carbons (Fsp3) is 0.571. The third-order valence-corrected chi connectivity index (χ3v) is 3.45. The molecule has 1 fully saturated rings. The van der Waals surface area contributed by atoms with Gasteiger partial charge >= 0.3 is 0 Å². The van der Waals surface area contributed by atoms with E-state index in [1.807, 2.05) is 0 Å². The summed E-state index contributed by atoms with van der Waals surface area (Å²) in [6, 6.07) is 2.50. The van der Waals surface area contributed by atoms with Crippen molar-refractivity contribution in [3.63, 3.8) is 0 Å². The van der Waals surface area contributed by atoms with Crippen molar-refractivity contribution in [2.75, 3.05) is 13.1 Å². The fourth-order valence-electron chi connectivity index (χ4n) is 2.42. The number of carbonyl (C=O) groups excluding carboxylic acids is 2. The first-order valence-electron chi connectivity index (χ1n) is 6.74. The lowest BCUT2D eigenvalue weighted by Gasteiger charge is -2.38. The first-order valence-corrected chi connectivity index (χ1v) is 6.74. The Morgan fingerprint density at radius 2 is 2.30 bits per heavy atom. The Labute approximate surface area is 117 Å². The number of nitrogens with zero attached hydrogens (tertiary/aromatic N) is 1. The molecule has 0 saturated carbocycles. The Morgan fingerprint density at radius 1 is 1.55 bits per heavy atom. The molecule has 1 saturated heterocycles. The van der Waals surface area contributed by atoms with Gasteiger partial charge in [0.15, 0.2) is 5.76 Å². The minimum Gasteiger partial charge on any atom is -0.459 e. The molecule has 2 heterocycles. The Bertz CT molecular complexity index is 481. The van der Waals surface area contributed by atoms with Crippen molar-refractivity contribution in [1.29, 1.82) is 0 Å². The van der Waals surface area contributed by atoms with E-state index in [1.165, 1.54) is 12.3 Å². The predicted molar refractivity (Wildman–Crippen MR) is 72.1 cm³/mol. The monoisotopic (exact) mass is 280 g/mol. The molecule has 0 aliphatic carbocycles. The van der Waals surface area contributed by atoms with Gasteiger partial charge in [-0.05, 0) is 38.8 Å². The van der Waals surface area contributed by atoms with E-state index in [0.717, 1.165) is 6.42 Å². The van der Waals surface area contributed by atoms with Crippen molar-refractivity contribution in [2.24, 2.45) is 0 Å². The minimum absolute atomic E-state index is 0.176. The van der Waals surface area contributed by atoms with Crippen LogP contribution >= 0.6 is 0 Å². The second kappa shape index (κ2) is 5.66. The molecule has 6 heteroatoms. The van der Waals surface area contributed by atoms with Gasteiger partial charge in [-0.2, -0.15) is 0 Å². The topological polar surface area (TPSA) is 82.8 Å². The third kappa shape index (κ3) is 3.39. The number of furan rings is 1. The number of amides is 2. The van der Waals surface area contributed by atoms with Crippen LogP contribution in [0, 0.1) is 0 Å². The Morgan fingerprint density at radius 3 is 2.90 bits per heavy atom. The van der Waals surface area contributed by atoms with Crippen LogP contribution in [0.5, 0.6) is 0 Å². The van der Waals surface area contributed by atoms with Crippen molar-refractivity contribution in [3.05, 3.63) is 24.2 Å². The minimum atomic E-state index is -0.849. The van der Waals surface area contributed by atoms with E-state index in [1.54, 1.807) is 24.8 Å². The van der Waals surface area contributed by atoms with Gasteiger partial charge in [-0.1, -0.05) is 0 Å². The maximum atomic E-state index is 12.3. The van der Waals surface area contributed by atoms with E-state index < -0.39 is 17.6 Å². The molecular weight excluding hydrogens is 260 g/mol. The zero-order valence-electron chi connectivity index (χ0n) is 11.8. The first kappa shape index (κ1) is 14.6. The van der Waals surface area contributed by atoms with Crippen LogP contribution in [-0.4, -0.2) is 46.6 Å². The highest BCUT2D eigenvalue weighted by Crippen LogP contribution is 2.20. The van der Waals surface area contributed by atoms with Crippen molar-refractivity contribution in [1.82, 2.24) is 10.2 Å². The number of nitrogens with one attached hydrogen (secondary N) is 1. The lowest BCUT2D eigenvalue weighted by molar-refractivity contribution is -0.139. The van der Waals surface area contributed by atoms with Crippen molar-refractivity contribution < 1.29 is 19.1 Å². The van der Waals surface area contributed by atoms with E-state index in [9.17, 15) is 14.7 Å². The van der Waals surface area contributed by atoms with Gasteiger partial charge in [0.25, 0.3) is 5.91 Å². The summed E-state index contributed by atoms with van der Waals surface area (Å²) in [5, 5.41) is 12.6. The molecule has 2 N–H and O–H groups in total. The molecule has 2 unspecified atom stereocenters. The van der Waals surface area contributed by atoms with Gasteiger partial charge in [-0.25, -0.2) is 0 Å². The van der Waals surface area contributed by atoms with Gasteiger partial charge in [-0.3, -0.25) is 9.59 Å². The molecule has 0 spiro atoms. The van der Waals surface area contributed by atoms with Crippen LogP contribution in [0.4, 0.5) is 0 Å². The summed E-state index contributed by atoms with van der Waals surface area (Å²) in [6.07, 6.45) is 2.85. The SMILES string of the molecule is CC(NC(=O)c1ccco1)C(=O)N1CCCC(C)(O)C1. The quantitative estimate of drug-likeness (QED) is 0.856. The zero-order valence-corrected chi connectivity index (χ0v) is 11.8. The molecule has 1 aliphatic heterocycles. The number of carbonyl (C=O) groups is 2. The molecule has 20 heavy (non-hydrogen) atoms. The van der Waals surface area contributed by atoms with Crippen LogP contribution in [0.3, 0.4) is 0 Å². The van der Waals surface area contributed by atoms with E-state index in [4.69, 9.17) is 4.42 Å². The van der Waals surface area contributed by atoms with Crippen LogP contribution in [0.25, 0.3) is 0 Å². The number of aliphatic hydroxyl groups is 1. The number of hydrogen-bond acceptors (Lipinski definition) is 4. The van der Waals surface area contributed by atoms with Crippen molar-refractivity contribution in [3.8, 4) is 0 Å². The van der Waals surface area contributed by atoms with Crippen LogP contribution in [0.2, 0.25) is 0 Å². The summed E-state index contributed by atoms with van der Waals surface area (Å²) < 4.78 is 4.98. The molecule has 110 valence electrons. The van der Waals surface area contributed by atoms with Crippen LogP contribution in [0.1, 0.15) is 37.2 Å². The predicted octanol–water partition coefficient (Wildman–Crippen LogP) is 0.771. The lowest BCUT2D eigenvalue weighted by Crippen LogP contribution is -2.54. The van der Waals surface area contributed by atoms with E-state index in [2.05, 4.69) is 5.32 Å². The highest BCUT2D eigenvalue weighted by molar-refractivity contribution is 5.95. The number of rotatable bonds is 3. The Balaban J connectivity index is 1.93. The zero-order chi connectivity index (χ0) is 14.8. The second-order valence-electron chi connectivity index (χ2n) is 5.53. The highest BCUT2D eigenvalue weighted by Gasteiger charge is 2.33. The third-order valence-electron chi connectivity index (χ3n) is 3.45. The number of β-amino-alcohol motifs (C(OH)–C–C–N with tert-alkyl or cyclic N) is 1. The van der Waals surface area contributed by atoms with Gasteiger partial charge in [-0.15, -0.1) is 0 Å². The van der Waals surface area contributed by atoms with Gasteiger partial charge in [0, 0.05) is 13.1 Å². The van der Waals surface area contributed by atoms with E-state index in [-0.39, 0.29) is 11.7 Å². The molecule has 2 rings (SSSR count). The van der Waals surface area contributed by atoms with E-state index >= 15 is 0 Å². The lowest BCUT2D eigenvalue weighted by atomic mass is 9.95. The number of likely N-dealkylation sites (tertiary alicyclic amines) is 1. The van der Waals surface area contributed by atoms with E-state index in [0.29, 0.717) is 19.5 Å². The van der Waals surface area contributed by atoms with Gasteiger partial charge in [0.05, 0.1) is 11.9 Å². The van der Waals surface area contributed by atoms with Gasteiger partial charge in [0.1, 0.15) is 6.04 Å². The van der Waals surface area contributed by atoms with Gasteiger partial charge < -0.3 is 19.7 Å². The average molecular weight is 280 g/mol. The second-order valence-corrected chi connectivity index (χ2v) is 5.53. The van der Waals surface area contributed by atoms with Gasteiger partial charge in [0.2, 0.25) is 5.91 Å². The Kier molecular flexibility index (Phi) is 4.13. The molecule has 0 radical (unpaired) electrons.